The summed E-state index contributed by atoms with van der Waals surface area (Å²) in [4.78, 5) is 10.5. The van der Waals surface area contributed by atoms with Crippen LogP contribution in [0.3, 0.4) is 0 Å². The van der Waals surface area contributed by atoms with E-state index in [4.69, 9.17) is 5.73 Å². The number of aromatic nitrogens is 2. The lowest BCUT2D eigenvalue weighted by Crippen LogP contribution is -2.69. The molecule has 4 heteroatoms. The molecule has 2 fully saturated rings. The van der Waals surface area contributed by atoms with Crippen molar-refractivity contribution in [2.24, 2.45) is 11.7 Å². The fourth-order valence-corrected chi connectivity index (χ4v) is 2.20. The monoisotopic (exact) mass is 190 g/mol. The lowest BCUT2D eigenvalue weighted by Gasteiger charge is -2.48. The van der Waals surface area contributed by atoms with Crippen LogP contribution in [0.5, 0.6) is 0 Å². The maximum atomic E-state index is 6.25. The molecular formula is C10H14N4. The van der Waals surface area contributed by atoms with E-state index in [1.54, 1.807) is 18.6 Å². The van der Waals surface area contributed by atoms with Crippen molar-refractivity contribution in [3.8, 4) is 0 Å². The quantitative estimate of drug-likeness (QED) is 0.733. The molecule has 4 nitrogen and oxygen atoms in total. The minimum Gasteiger partial charge on any atom is -0.351 e. The molecular weight excluding hydrogens is 176 g/mol. The largest absolute Gasteiger partial charge is 0.351 e. The molecule has 2 heterocycles. The summed E-state index contributed by atoms with van der Waals surface area (Å²) < 4.78 is 0. The van der Waals surface area contributed by atoms with Crippen LogP contribution in [0.15, 0.2) is 18.6 Å². The zero-order valence-electron chi connectivity index (χ0n) is 8.06. The minimum atomic E-state index is 0.0670. The summed E-state index contributed by atoms with van der Waals surface area (Å²) >= 11 is 0. The van der Waals surface area contributed by atoms with Crippen LogP contribution in [0.25, 0.3) is 0 Å². The van der Waals surface area contributed by atoms with Crippen LogP contribution in [0.4, 0.5) is 5.82 Å². The number of anilines is 1. The van der Waals surface area contributed by atoms with E-state index in [0.29, 0.717) is 0 Å². The van der Waals surface area contributed by atoms with Gasteiger partial charge in [0.25, 0.3) is 0 Å². The van der Waals surface area contributed by atoms with Crippen molar-refractivity contribution in [1.29, 1.82) is 0 Å². The van der Waals surface area contributed by atoms with Gasteiger partial charge in [-0.2, -0.15) is 0 Å². The van der Waals surface area contributed by atoms with Gasteiger partial charge in [-0.15, -0.1) is 0 Å². The molecule has 1 aliphatic carbocycles. The summed E-state index contributed by atoms with van der Waals surface area (Å²) in [5, 5.41) is 0. The predicted octanol–water partition coefficient (Wildman–Crippen LogP) is 0.404. The summed E-state index contributed by atoms with van der Waals surface area (Å²) in [6.07, 6.45) is 7.84. The topological polar surface area (TPSA) is 55.0 Å². The molecule has 3 rings (SSSR count). The Balaban J connectivity index is 1.69. The van der Waals surface area contributed by atoms with Crippen molar-refractivity contribution in [1.82, 2.24) is 9.97 Å². The highest BCUT2D eigenvalue weighted by atomic mass is 15.3. The predicted molar refractivity (Wildman–Crippen MR) is 53.9 cm³/mol. The van der Waals surface area contributed by atoms with Crippen molar-refractivity contribution in [3.05, 3.63) is 18.6 Å². The van der Waals surface area contributed by atoms with Crippen LogP contribution in [-0.4, -0.2) is 28.6 Å². The molecule has 14 heavy (non-hydrogen) atoms. The van der Waals surface area contributed by atoms with E-state index in [9.17, 15) is 0 Å². The molecule has 0 spiro atoms. The van der Waals surface area contributed by atoms with Gasteiger partial charge in [0.2, 0.25) is 0 Å². The summed E-state index contributed by atoms with van der Waals surface area (Å²) in [6.45, 7) is 1.88. The Labute approximate surface area is 83.1 Å². The van der Waals surface area contributed by atoms with Crippen LogP contribution >= 0.6 is 0 Å². The van der Waals surface area contributed by atoms with E-state index >= 15 is 0 Å². The molecule has 2 N–H and O–H groups in total. The van der Waals surface area contributed by atoms with Crippen LogP contribution in [-0.2, 0) is 0 Å². The lowest BCUT2D eigenvalue weighted by atomic mass is 9.86. The zero-order valence-corrected chi connectivity index (χ0v) is 8.06. The lowest BCUT2D eigenvalue weighted by molar-refractivity contribution is 0.289. The van der Waals surface area contributed by atoms with Gasteiger partial charge < -0.3 is 10.6 Å². The standard InChI is InChI=1S/C10H14N4/c11-10(8-1-2-8)6-14(7-10)9-5-12-3-4-13-9/h3-5,8H,1-2,6-7,11H2. The Bertz CT molecular complexity index is 327. The molecule has 0 unspecified atom stereocenters. The SMILES string of the molecule is NC1(C2CC2)CN(c2cnccn2)C1. The van der Waals surface area contributed by atoms with Gasteiger partial charge in [-0.1, -0.05) is 0 Å². The highest BCUT2D eigenvalue weighted by molar-refractivity contribution is 5.43. The number of rotatable bonds is 2. The van der Waals surface area contributed by atoms with Gasteiger partial charge in [0.15, 0.2) is 0 Å². The number of hydrogen-bond acceptors (Lipinski definition) is 4. The molecule has 0 bridgehead atoms. The normalized spacial score (nSPS) is 24.5. The fraction of sp³-hybridized carbons (Fsp3) is 0.600. The molecule has 1 saturated carbocycles. The van der Waals surface area contributed by atoms with Crippen molar-refractivity contribution >= 4 is 5.82 Å². The van der Waals surface area contributed by atoms with Crippen molar-refractivity contribution < 1.29 is 0 Å². The average Bonchev–Trinajstić information content (AvgIpc) is 2.98. The minimum absolute atomic E-state index is 0.0670. The van der Waals surface area contributed by atoms with Crippen LogP contribution in [0.1, 0.15) is 12.8 Å². The molecule has 0 aromatic carbocycles. The number of hydrogen-bond donors (Lipinski definition) is 1. The van der Waals surface area contributed by atoms with Gasteiger partial charge >= 0.3 is 0 Å². The first-order valence-electron chi connectivity index (χ1n) is 5.08. The molecule has 0 radical (unpaired) electrons. The highest BCUT2D eigenvalue weighted by Gasteiger charge is 2.50. The summed E-state index contributed by atoms with van der Waals surface area (Å²) in [6, 6.07) is 0. The number of nitrogens with two attached hydrogens (primary N) is 1. The third kappa shape index (κ3) is 1.18. The van der Waals surface area contributed by atoms with Gasteiger partial charge in [0.1, 0.15) is 5.82 Å². The first-order valence-corrected chi connectivity index (χ1v) is 5.08. The van der Waals surface area contributed by atoms with E-state index in [-0.39, 0.29) is 5.54 Å². The summed E-state index contributed by atoms with van der Waals surface area (Å²) in [5.41, 5.74) is 6.31. The van der Waals surface area contributed by atoms with E-state index in [1.807, 2.05) is 0 Å². The maximum Gasteiger partial charge on any atom is 0.147 e. The second-order valence-corrected chi connectivity index (χ2v) is 4.43. The molecule has 1 aliphatic heterocycles. The van der Waals surface area contributed by atoms with Crippen LogP contribution < -0.4 is 10.6 Å². The van der Waals surface area contributed by atoms with Crippen molar-refractivity contribution in [2.75, 3.05) is 18.0 Å². The molecule has 1 saturated heterocycles. The Hall–Kier alpha value is -1.16. The molecule has 1 aromatic heterocycles. The summed E-state index contributed by atoms with van der Waals surface area (Å²) in [5.74, 6) is 1.71. The van der Waals surface area contributed by atoms with Gasteiger partial charge in [-0.3, -0.25) is 4.98 Å². The first-order chi connectivity index (χ1) is 6.78. The summed E-state index contributed by atoms with van der Waals surface area (Å²) in [7, 11) is 0. The van der Waals surface area contributed by atoms with Crippen molar-refractivity contribution in [2.45, 2.75) is 18.4 Å². The van der Waals surface area contributed by atoms with Gasteiger partial charge in [0.05, 0.1) is 11.7 Å². The zero-order chi connectivity index (χ0) is 9.60. The van der Waals surface area contributed by atoms with E-state index in [2.05, 4.69) is 14.9 Å². The Morgan fingerprint density at radius 1 is 1.36 bits per heavy atom. The smallest absolute Gasteiger partial charge is 0.147 e. The Morgan fingerprint density at radius 3 is 2.71 bits per heavy atom. The van der Waals surface area contributed by atoms with Crippen LogP contribution in [0.2, 0.25) is 0 Å². The molecule has 0 atom stereocenters. The van der Waals surface area contributed by atoms with Crippen LogP contribution in [0, 0.1) is 5.92 Å². The van der Waals surface area contributed by atoms with Crippen molar-refractivity contribution in [3.63, 3.8) is 0 Å². The third-order valence-electron chi connectivity index (χ3n) is 3.23. The van der Waals surface area contributed by atoms with E-state index in [0.717, 1.165) is 24.8 Å². The average molecular weight is 190 g/mol. The Morgan fingerprint density at radius 2 is 2.14 bits per heavy atom. The van der Waals surface area contributed by atoms with Gasteiger partial charge in [-0.05, 0) is 18.8 Å². The van der Waals surface area contributed by atoms with Gasteiger partial charge in [-0.25, -0.2) is 4.98 Å². The molecule has 1 aromatic rings. The van der Waals surface area contributed by atoms with Gasteiger partial charge in [0, 0.05) is 25.5 Å². The third-order valence-corrected chi connectivity index (χ3v) is 3.23. The maximum absolute atomic E-state index is 6.25. The molecule has 2 aliphatic rings. The molecule has 74 valence electrons. The Kier molecular flexibility index (Phi) is 1.56. The fourth-order valence-electron chi connectivity index (χ4n) is 2.20. The highest BCUT2D eigenvalue weighted by Crippen LogP contribution is 2.43. The van der Waals surface area contributed by atoms with E-state index < -0.39 is 0 Å². The second-order valence-electron chi connectivity index (χ2n) is 4.43. The second kappa shape index (κ2) is 2.67. The number of nitrogens with zero attached hydrogens (tertiary/aromatic N) is 3. The van der Waals surface area contributed by atoms with E-state index in [1.165, 1.54) is 12.8 Å². The molecule has 0 amide bonds. The first kappa shape index (κ1) is 8.17.